The first-order valence-electron chi connectivity index (χ1n) is 8.25. The van der Waals surface area contributed by atoms with Gasteiger partial charge in [-0.05, 0) is 59.2 Å². The van der Waals surface area contributed by atoms with Gasteiger partial charge in [0.15, 0.2) is 0 Å². The average molecular weight is 302 g/mol. The Morgan fingerprint density at radius 3 is 2.43 bits per heavy atom. The van der Waals surface area contributed by atoms with Crippen LogP contribution in [0.5, 0.6) is 0 Å². The fourth-order valence-corrected chi connectivity index (χ4v) is 3.70. The molecule has 0 radical (unpaired) electrons. The molecule has 3 aromatic carbocycles. The molecule has 114 valence electrons. The van der Waals surface area contributed by atoms with Gasteiger partial charge in [-0.25, -0.2) is 4.39 Å². The van der Waals surface area contributed by atoms with Crippen LogP contribution < -0.4 is 0 Å². The SMILES string of the molecule is Fc1cccc(-c2cccc([C@@H]3CCCc4ccccc43)c2)c1. The lowest BCUT2D eigenvalue weighted by Crippen LogP contribution is -2.10. The van der Waals surface area contributed by atoms with Crippen molar-refractivity contribution in [1.29, 1.82) is 0 Å². The molecule has 1 aliphatic rings. The van der Waals surface area contributed by atoms with E-state index in [0.29, 0.717) is 5.92 Å². The summed E-state index contributed by atoms with van der Waals surface area (Å²) in [6.45, 7) is 0. The van der Waals surface area contributed by atoms with Gasteiger partial charge in [-0.2, -0.15) is 0 Å². The molecule has 0 heterocycles. The van der Waals surface area contributed by atoms with Crippen LogP contribution in [0.15, 0.2) is 72.8 Å². The zero-order valence-electron chi connectivity index (χ0n) is 13.0. The standard InChI is InChI=1S/C22H19F/c23-20-11-4-9-18(15-20)17-8-3-10-19(14-17)22-13-5-7-16-6-1-2-12-21(16)22/h1-4,6,8-12,14-15,22H,5,7,13H2/t22-/m0/s1. The first-order valence-corrected chi connectivity index (χ1v) is 8.25. The smallest absolute Gasteiger partial charge is 0.123 e. The molecule has 0 unspecified atom stereocenters. The Hall–Kier alpha value is -2.41. The van der Waals surface area contributed by atoms with Crippen LogP contribution in [-0.4, -0.2) is 0 Å². The lowest BCUT2D eigenvalue weighted by molar-refractivity contribution is 0.616. The van der Waals surface area contributed by atoms with E-state index in [2.05, 4.69) is 48.5 Å². The molecule has 4 rings (SSSR count). The molecule has 0 aromatic heterocycles. The van der Waals surface area contributed by atoms with Crippen molar-refractivity contribution in [3.63, 3.8) is 0 Å². The summed E-state index contributed by atoms with van der Waals surface area (Å²) in [6, 6.07) is 24.2. The summed E-state index contributed by atoms with van der Waals surface area (Å²) in [5, 5.41) is 0. The third kappa shape index (κ3) is 2.79. The third-order valence-electron chi connectivity index (χ3n) is 4.82. The summed E-state index contributed by atoms with van der Waals surface area (Å²) in [5.41, 5.74) is 6.29. The molecule has 0 spiro atoms. The molecule has 3 aromatic rings. The Kier molecular flexibility index (Phi) is 3.70. The van der Waals surface area contributed by atoms with Crippen molar-refractivity contribution in [2.75, 3.05) is 0 Å². The van der Waals surface area contributed by atoms with E-state index in [9.17, 15) is 4.39 Å². The zero-order chi connectivity index (χ0) is 15.6. The van der Waals surface area contributed by atoms with Crippen molar-refractivity contribution < 1.29 is 4.39 Å². The quantitative estimate of drug-likeness (QED) is 0.548. The van der Waals surface area contributed by atoms with Gasteiger partial charge in [0.1, 0.15) is 5.82 Å². The monoisotopic (exact) mass is 302 g/mol. The van der Waals surface area contributed by atoms with Crippen LogP contribution in [0.2, 0.25) is 0 Å². The molecule has 0 bridgehead atoms. The second-order valence-corrected chi connectivity index (χ2v) is 6.28. The summed E-state index contributed by atoms with van der Waals surface area (Å²) in [4.78, 5) is 0. The Balaban J connectivity index is 1.75. The van der Waals surface area contributed by atoms with Gasteiger partial charge in [0.2, 0.25) is 0 Å². The third-order valence-corrected chi connectivity index (χ3v) is 4.82. The number of fused-ring (bicyclic) bond motifs is 1. The summed E-state index contributed by atoms with van der Waals surface area (Å²) in [5.74, 6) is 0.268. The normalized spacial score (nSPS) is 16.8. The number of hydrogen-bond acceptors (Lipinski definition) is 0. The summed E-state index contributed by atoms with van der Waals surface area (Å²) in [6.07, 6.45) is 3.59. The number of hydrogen-bond donors (Lipinski definition) is 0. The fourth-order valence-electron chi connectivity index (χ4n) is 3.70. The van der Waals surface area contributed by atoms with Crippen molar-refractivity contribution in [1.82, 2.24) is 0 Å². The van der Waals surface area contributed by atoms with E-state index in [4.69, 9.17) is 0 Å². The van der Waals surface area contributed by atoms with Crippen LogP contribution in [0.1, 0.15) is 35.4 Å². The molecule has 0 saturated heterocycles. The van der Waals surface area contributed by atoms with Gasteiger partial charge in [0.05, 0.1) is 0 Å². The minimum Gasteiger partial charge on any atom is -0.207 e. The second kappa shape index (κ2) is 6.00. The van der Waals surface area contributed by atoms with Gasteiger partial charge in [-0.15, -0.1) is 0 Å². The summed E-state index contributed by atoms with van der Waals surface area (Å²) in [7, 11) is 0. The number of halogens is 1. The Bertz CT molecular complexity index is 835. The van der Waals surface area contributed by atoms with Gasteiger partial charge < -0.3 is 0 Å². The van der Waals surface area contributed by atoms with Crippen molar-refractivity contribution in [2.24, 2.45) is 0 Å². The maximum absolute atomic E-state index is 13.5. The number of benzene rings is 3. The molecule has 0 N–H and O–H groups in total. The summed E-state index contributed by atoms with van der Waals surface area (Å²) < 4.78 is 13.5. The zero-order valence-corrected chi connectivity index (χ0v) is 13.0. The lowest BCUT2D eigenvalue weighted by Gasteiger charge is -2.26. The van der Waals surface area contributed by atoms with Crippen molar-refractivity contribution >= 4 is 0 Å². The Morgan fingerprint density at radius 2 is 1.57 bits per heavy atom. The second-order valence-electron chi connectivity index (χ2n) is 6.28. The molecule has 1 heteroatoms. The predicted molar refractivity (Wildman–Crippen MR) is 93.1 cm³/mol. The van der Waals surface area contributed by atoms with Crippen LogP contribution in [0.4, 0.5) is 4.39 Å². The molecular weight excluding hydrogens is 283 g/mol. The van der Waals surface area contributed by atoms with E-state index in [0.717, 1.165) is 11.1 Å². The Morgan fingerprint density at radius 1 is 0.783 bits per heavy atom. The van der Waals surface area contributed by atoms with E-state index in [1.54, 1.807) is 12.1 Å². The van der Waals surface area contributed by atoms with Crippen molar-refractivity contribution in [3.8, 4) is 11.1 Å². The van der Waals surface area contributed by atoms with Crippen molar-refractivity contribution in [3.05, 3.63) is 95.3 Å². The van der Waals surface area contributed by atoms with Crippen LogP contribution in [0.25, 0.3) is 11.1 Å². The van der Waals surface area contributed by atoms with E-state index >= 15 is 0 Å². The Labute approximate surface area is 136 Å². The number of aryl methyl sites for hydroxylation is 1. The highest BCUT2D eigenvalue weighted by Gasteiger charge is 2.21. The molecule has 0 aliphatic heterocycles. The van der Waals surface area contributed by atoms with Gasteiger partial charge in [-0.1, -0.05) is 60.7 Å². The average Bonchev–Trinajstić information content (AvgIpc) is 2.61. The molecule has 0 fully saturated rings. The lowest BCUT2D eigenvalue weighted by atomic mass is 9.78. The van der Waals surface area contributed by atoms with Gasteiger partial charge in [-0.3, -0.25) is 0 Å². The van der Waals surface area contributed by atoms with Crippen LogP contribution in [0.3, 0.4) is 0 Å². The molecule has 1 atom stereocenters. The first-order chi connectivity index (χ1) is 11.3. The molecule has 0 nitrogen and oxygen atoms in total. The van der Waals surface area contributed by atoms with Crippen LogP contribution >= 0.6 is 0 Å². The van der Waals surface area contributed by atoms with E-state index in [1.807, 2.05) is 6.07 Å². The van der Waals surface area contributed by atoms with Crippen LogP contribution in [0, 0.1) is 5.82 Å². The maximum atomic E-state index is 13.5. The van der Waals surface area contributed by atoms with Crippen LogP contribution in [-0.2, 0) is 6.42 Å². The predicted octanol–water partition coefficient (Wildman–Crippen LogP) is 5.96. The largest absolute Gasteiger partial charge is 0.207 e. The molecule has 1 aliphatic carbocycles. The fraction of sp³-hybridized carbons (Fsp3) is 0.182. The molecule has 23 heavy (non-hydrogen) atoms. The molecule has 0 saturated carbocycles. The van der Waals surface area contributed by atoms with Crippen molar-refractivity contribution in [2.45, 2.75) is 25.2 Å². The van der Waals surface area contributed by atoms with E-state index in [1.165, 1.54) is 42.0 Å². The topological polar surface area (TPSA) is 0 Å². The minimum absolute atomic E-state index is 0.184. The highest BCUT2D eigenvalue weighted by molar-refractivity contribution is 5.64. The highest BCUT2D eigenvalue weighted by atomic mass is 19.1. The highest BCUT2D eigenvalue weighted by Crippen LogP contribution is 2.37. The van der Waals surface area contributed by atoms with Gasteiger partial charge in [0, 0.05) is 5.92 Å². The molecule has 0 amide bonds. The number of rotatable bonds is 2. The van der Waals surface area contributed by atoms with Gasteiger partial charge in [0.25, 0.3) is 0 Å². The maximum Gasteiger partial charge on any atom is 0.123 e. The molecular formula is C22H19F. The minimum atomic E-state index is -0.184. The first kappa shape index (κ1) is 14.2. The van der Waals surface area contributed by atoms with E-state index < -0.39 is 0 Å². The summed E-state index contributed by atoms with van der Waals surface area (Å²) >= 11 is 0. The van der Waals surface area contributed by atoms with Gasteiger partial charge >= 0.3 is 0 Å². The van der Waals surface area contributed by atoms with E-state index in [-0.39, 0.29) is 5.82 Å².